The van der Waals surface area contributed by atoms with E-state index >= 15 is 0 Å². The highest BCUT2D eigenvalue weighted by Gasteiger charge is 2.05. The number of methoxy groups -OCH3 is 1. The van der Waals surface area contributed by atoms with Crippen molar-refractivity contribution in [1.29, 1.82) is 0 Å². The van der Waals surface area contributed by atoms with E-state index in [9.17, 15) is 0 Å². The number of ether oxygens (including phenoxy) is 1. The number of aryl methyl sites for hydroxylation is 1. The molecule has 1 heterocycles. The van der Waals surface area contributed by atoms with Crippen LogP contribution in [-0.2, 0) is 6.42 Å². The molecule has 0 saturated carbocycles. The summed E-state index contributed by atoms with van der Waals surface area (Å²) in [5.41, 5.74) is 1.19. The number of para-hydroxylation sites is 1. The van der Waals surface area contributed by atoms with E-state index in [1.807, 2.05) is 24.4 Å². The minimum atomic E-state index is 0.850. The summed E-state index contributed by atoms with van der Waals surface area (Å²) < 4.78 is 5.30. The zero-order valence-electron chi connectivity index (χ0n) is 8.86. The predicted molar refractivity (Wildman–Crippen MR) is 62.7 cm³/mol. The molecule has 0 atom stereocenters. The van der Waals surface area contributed by atoms with Crippen LogP contribution in [0.15, 0.2) is 30.5 Å². The molecule has 0 fully saturated rings. The van der Waals surface area contributed by atoms with Crippen molar-refractivity contribution < 1.29 is 4.74 Å². The number of aromatic nitrogens is 1. The van der Waals surface area contributed by atoms with E-state index in [0.717, 1.165) is 17.2 Å². The molecule has 0 unspecified atom stereocenters. The Morgan fingerprint density at radius 2 is 2.13 bits per heavy atom. The summed E-state index contributed by atoms with van der Waals surface area (Å²) in [4.78, 5) is 5.60. The van der Waals surface area contributed by atoms with E-state index < -0.39 is 0 Å². The third kappa shape index (κ3) is 2.36. The molecule has 0 N–H and O–H groups in total. The van der Waals surface area contributed by atoms with Crippen LogP contribution in [0.25, 0.3) is 0 Å². The molecule has 0 aliphatic heterocycles. The Balaban J connectivity index is 2.23. The van der Waals surface area contributed by atoms with E-state index in [0.29, 0.717) is 0 Å². The average molecular weight is 219 g/mol. The van der Waals surface area contributed by atoms with Crippen LogP contribution < -0.4 is 4.74 Å². The van der Waals surface area contributed by atoms with Crippen molar-refractivity contribution in [2.75, 3.05) is 7.11 Å². The highest BCUT2D eigenvalue weighted by Crippen LogP contribution is 2.22. The molecule has 0 spiro atoms. The van der Waals surface area contributed by atoms with Crippen LogP contribution in [0.3, 0.4) is 0 Å². The van der Waals surface area contributed by atoms with Crippen LogP contribution in [0.4, 0.5) is 0 Å². The van der Waals surface area contributed by atoms with Gasteiger partial charge < -0.3 is 4.74 Å². The summed E-state index contributed by atoms with van der Waals surface area (Å²) in [5, 5.41) is 1.14. The molecular formula is C12H13NOS. The lowest BCUT2D eigenvalue weighted by Crippen LogP contribution is -1.92. The van der Waals surface area contributed by atoms with E-state index in [-0.39, 0.29) is 0 Å². The average Bonchev–Trinajstić information content (AvgIpc) is 2.65. The largest absolute Gasteiger partial charge is 0.496 e. The van der Waals surface area contributed by atoms with Crippen molar-refractivity contribution >= 4 is 11.3 Å². The van der Waals surface area contributed by atoms with Gasteiger partial charge in [-0.25, -0.2) is 4.98 Å². The SMILES string of the molecule is COc1ccccc1Cc1ncc(C)s1. The summed E-state index contributed by atoms with van der Waals surface area (Å²) in [5.74, 6) is 0.936. The van der Waals surface area contributed by atoms with Gasteiger partial charge in [-0.05, 0) is 13.0 Å². The molecule has 0 radical (unpaired) electrons. The van der Waals surface area contributed by atoms with Crippen LogP contribution in [0.2, 0.25) is 0 Å². The van der Waals surface area contributed by atoms with Crippen LogP contribution in [0.1, 0.15) is 15.4 Å². The van der Waals surface area contributed by atoms with Crippen molar-refractivity contribution in [1.82, 2.24) is 4.98 Å². The van der Waals surface area contributed by atoms with Crippen molar-refractivity contribution in [2.24, 2.45) is 0 Å². The quantitative estimate of drug-likeness (QED) is 0.791. The third-order valence-electron chi connectivity index (χ3n) is 2.20. The fourth-order valence-electron chi connectivity index (χ4n) is 1.50. The molecule has 0 saturated heterocycles. The maximum atomic E-state index is 5.30. The first-order chi connectivity index (χ1) is 7.29. The second-order valence-corrected chi connectivity index (χ2v) is 4.67. The molecule has 0 aliphatic rings. The Morgan fingerprint density at radius 1 is 1.33 bits per heavy atom. The smallest absolute Gasteiger partial charge is 0.122 e. The fourth-order valence-corrected chi connectivity index (χ4v) is 2.31. The lowest BCUT2D eigenvalue weighted by atomic mass is 10.1. The Kier molecular flexibility index (Phi) is 3.02. The van der Waals surface area contributed by atoms with E-state index in [4.69, 9.17) is 4.74 Å². The Morgan fingerprint density at radius 3 is 2.80 bits per heavy atom. The monoisotopic (exact) mass is 219 g/mol. The van der Waals surface area contributed by atoms with Crippen LogP contribution in [0, 0.1) is 6.92 Å². The Hall–Kier alpha value is -1.35. The van der Waals surface area contributed by atoms with Gasteiger partial charge in [-0.2, -0.15) is 0 Å². The number of benzene rings is 1. The first-order valence-electron chi connectivity index (χ1n) is 4.83. The highest BCUT2D eigenvalue weighted by molar-refractivity contribution is 7.11. The summed E-state index contributed by atoms with van der Waals surface area (Å²) in [6.07, 6.45) is 2.76. The lowest BCUT2D eigenvalue weighted by Gasteiger charge is -2.05. The standard InChI is InChI=1S/C12H13NOS/c1-9-8-13-12(15-9)7-10-5-3-4-6-11(10)14-2/h3-6,8H,7H2,1-2H3. The summed E-state index contributed by atoms with van der Waals surface area (Å²) in [7, 11) is 1.70. The van der Waals surface area contributed by atoms with Crippen LogP contribution in [-0.4, -0.2) is 12.1 Å². The minimum Gasteiger partial charge on any atom is -0.496 e. The third-order valence-corrected chi connectivity index (χ3v) is 3.12. The Bertz CT molecular complexity index is 450. The topological polar surface area (TPSA) is 22.1 Å². The van der Waals surface area contributed by atoms with Gasteiger partial charge in [0.1, 0.15) is 5.75 Å². The molecule has 0 aliphatic carbocycles. The molecule has 0 bridgehead atoms. The first-order valence-corrected chi connectivity index (χ1v) is 5.64. The normalized spacial score (nSPS) is 10.3. The maximum Gasteiger partial charge on any atom is 0.122 e. The van der Waals surface area contributed by atoms with Crippen LogP contribution >= 0.6 is 11.3 Å². The van der Waals surface area contributed by atoms with Gasteiger partial charge >= 0.3 is 0 Å². The molecule has 15 heavy (non-hydrogen) atoms. The second kappa shape index (κ2) is 4.45. The van der Waals surface area contributed by atoms with Crippen molar-refractivity contribution in [3.8, 4) is 5.75 Å². The van der Waals surface area contributed by atoms with E-state index in [2.05, 4.69) is 18.0 Å². The molecule has 1 aromatic carbocycles. The number of hydrogen-bond donors (Lipinski definition) is 0. The van der Waals surface area contributed by atoms with E-state index in [1.54, 1.807) is 18.4 Å². The van der Waals surface area contributed by atoms with Gasteiger partial charge in [-0.15, -0.1) is 11.3 Å². The Labute approximate surface area is 93.6 Å². The van der Waals surface area contributed by atoms with Gasteiger partial charge in [0.2, 0.25) is 0 Å². The van der Waals surface area contributed by atoms with Crippen LogP contribution in [0.5, 0.6) is 5.75 Å². The molecule has 2 nitrogen and oxygen atoms in total. The molecule has 0 amide bonds. The second-order valence-electron chi connectivity index (χ2n) is 3.35. The summed E-state index contributed by atoms with van der Waals surface area (Å²) in [6.45, 7) is 2.07. The molecule has 1 aromatic heterocycles. The van der Waals surface area contributed by atoms with Gasteiger partial charge in [-0.3, -0.25) is 0 Å². The van der Waals surface area contributed by atoms with Crippen molar-refractivity contribution in [3.63, 3.8) is 0 Å². The van der Waals surface area contributed by atoms with Crippen molar-refractivity contribution in [2.45, 2.75) is 13.3 Å². The molecule has 78 valence electrons. The minimum absolute atomic E-state index is 0.850. The predicted octanol–water partition coefficient (Wildman–Crippen LogP) is 3.05. The zero-order valence-corrected chi connectivity index (χ0v) is 9.67. The van der Waals surface area contributed by atoms with E-state index in [1.165, 1.54) is 10.4 Å². The molecular weight excluding hydrogens is 206 g/mol. The van der Waals surface area contributed by atoms with Gasteiger partial charge in [0.05, 0.1) is 12.1 Å². The number of rotatable bonds is 3. The molecule has 2 rings (SSSR count). The van der Waals surface area contributed by atoms with Gasteiger partial charge in [-0.1, -0.05) is 18.2 Å². The number of hydrogen-bond acceptors (Lipinski definition) is 3. The highest BCUT2D eigenvalue weighted by atomic mass is 32.1. The van der Waals surface area contributed by atoms with Gasteiger partial charge in [0.15, 0.2) is 0 Å². The lowest BCUT2D eigenvalue weighted by molar-refractivity contribution is 0.410. The van der Waals surface area contributed by atoms with Crippen molar-refractivity contribution in [3.05, 3.63) is 45.9 Å². The summed E-state index contributed by atoms with van der Waals surface area (Å²) in [6, 6.07) is 8.07. The molecule has 2 aromatic rings. The maximum absolute atomic E-state index is 5.30. The number of nitrogens with zero attached hydrogens (tertiary/aromatic N) is 1. The zero-order chi connectivity index (χ0) is 10.7. The molecule has 3 heteroatoms. The number of thiazole rings is 1. The first kappa shape index (κ1) is 10.2. The fraction of sp³-hybridized carbons (Fsp3) is 0.250. The van der Waals surface area contributed by atoms with Gasteiger partial charge in [0, 0.05) is 23.1 Å². The van der Waals surface area contributed by atoms with Gasteiger partial charge in [0.25, 0.3) is 0 Å². The summed E-state index contributed by atoms with van der Waals surface area (Å²) >= 11 is 1.74.